The number of hydrogen-bond donors (Lipinski definition) is 1. The Balaban J connectivity index is 1.79. The Labute approximate surface area is 124 Å². The average Bonchev–Trinajstić information content (AvgIpc) is 2.80. The molecule has 0 fully saturated rings. The van der Waals surface area contributed by atoms with Crippen molar-refractivity contribution in [1.82, 2.24) is 4.98 Å². The lowest BCUT2D eigenvalue weighted by molar-refractivity contribution is 0.708. The van der Waals surface area contributed by atoms with Gasteiger partial charge in [-0.3, -0.25) is 0 Å². The molecule has 1 aliphatic rings. The van der Waals surface area contributed by atoms with Gasteiger partial charge in [0.15, 0.2) is 0 Å². The van der Waals surface area contributed by atoms with E-state index in [-0.39, 0.29) is 0 Å². The van der Waals surface area contributed by atoms with Gasteiger partial charge < -0.3 is 10.6 Å². The Morgan fingerprint density at radius 2 is 2.15 bits per heavy atom. The van der Waals surface area contributed by atoms with Crippen LogP contribution in [0.4, 0.5) is 5.69 Å². The average molecular weight is 287 g/mol. The fraction of sp³-hybridized carbons (Fsp3) is 0.438. The van der Waals surface area contributed by atoms with Gasteiger partial charge in [0, 0.05) is 24.0 Å². The molecule has 1 aromatic carbocycles. The highest BCUT2D eigenvalue weighted by Crippen LogP contribution is 2.27. The maximum Gasteiger partial charge on any atom is 0.0941 e. The van der Waals surface area contributed by atoms with Crippen molar-refractivity contribution < 1.29 is 0 Å². The molecule has 0 saturated heterocycles. The second-order valence-electron chi connectivity index (χ2n) is 5.28. The molecule has 2 heterocycles. The van der Waals surface area contributed by atoms with Gasteiger partial charge >= 0.3 is 0 Å². The van der Waals surface area contributed by atoms with Crippen LogP contribution in [0.1, 0.15) is 29.1 Å². The maximum absolute atomic E-state index is 5.59. The van der Waals surface area contributed by atoms with Gasteiger partial charge in [-0.2, -0.15) is 0 Å². The summed E-state index contributed by atoms with van der Waals surface area (Å²) in [6, 6.07) is 8.78. The Morgan fingerprint density at radius 3 is 3.05 bits per heavy atom. The van der Waals surface area contributed by atoms with Crippen LogP contribution < -0.4 is 10.6 Å². The van der Waals surface area contributed by atoms with Crippen LogP contribution in [0.3, 0.4) is 0 Å². The quantitative estimate of drug-likeness (QED) is 0.940. The summed E-state index contributed by atoms with van der Waals surface area (Å²) in [4.78, 5) is 7.17. The van der Waals surface area contributed by atoms with Crippen molar-refractivity contribution in [3.63, 3.8) is 0 Å². The lowest BCUT2D eigenvalue weighted by Crippen LogP contribution is -2.23. The number of thiazole rings is 1. The first kappa shape index (κ1) is 13.6. The van der Waals surface area contributed by atoms with Crippen molar-refractivity contribution in [2.45, 2.75) is 32.2 Å². The molecule has 0 bridgehead atoms. The van der Waals surface area contributed by atoms with E-state index in [0.717, 1.165) is 24.5 Å². The maximum atomic E-state index is 5.59. The van der Waals surface area contributed by atoms with Gasteiger partial charge in [-0.1, -0.05) is 18.2 Å². The van der Waals surface area contributed by atoms with Gasteiger partial charge in [-0.15, -0.1) is 11.3 Å². The number of rotatable bonds is 4. The molecule has 3 rings (SSSR count). The zero-order valence-electron chi connectivity index (χ0n) is 11.7. The van der Waals surface area contributed by atoms with E-state index in [2.05, 4.69) is 34.5 Å². The first-order valence-electron chi connectivity index (χ1n) is 7.33. The second-order valence-corrected chi connectivity index (χ2v) is 6.22. The molecule has 0 saturated carbocycles. The molecule has 0 aliphatic carbocycles. The lowest BCUT2D eigenvalue weighted by Gasteiger charge is -2.24. The molecule has 0 radical (unpaired) electrons. The molecular weight excluding hydrogens is 266 g/mol. The number of benzene rings is 1. The minimum absolute atomic E-state index is 0.680. The molecule has 0 atom stereocenters. The third kappa shape index (κ3) is 3.02. The highest BCUT2D eigenvalue weighted by Gasteiger charge is 2.16. The number of fused-ring (bicyclic) bond motifs is 1. The van der Waals surface area contributed by atoms with Crippen LogP contribution in [-0.4, -0.2) is 18.1 Å². The lowest BCUT2D eigenvalue weighted by atomic mass is 10.1. The van der Waals surface area contributed by atoms with E-state index < -0.39 is 0 Å². The summed E-state index contributed by atoms with van der Waals surface area (Å²) in [5, 5.41) is 3.34. The van der Waals surface area contributed by atoms with Gasteiger partial charge in [0.1, 0.15) is 0 Å². The van der Waals surface area contributed by atoms with E-state index >= 15 is 0 Å². The number of aromatic nitrogens is 1. The van der Waals surface area contributed by atoms with Crippen molar-refractivity contribution >= 4 is 17.0 Å². The predicted octanol–water partition coefficient (Wildman–Crippen LogP) is 2.99. The van der Waals surface area contributed by atoms with Crippen LogP contribution in [0, 0.1) is 0 Å². The third-order valence-corrected chi connectivity index (χ3v) is 4.72. The van der Waals surface area contributed by atoms with E-state index in [1.807, 2.05) is 0 Å². The normalized spacial score (nSPS) is 14.9. The minimum atomic E-state index is 0.680. The van der Waals surface area contributed by atoms with Gasteiger partial charge in [-0.05, 0) is 37.4 Å². The molecule has 20 heavy (non-hydrogen) atoms. The monoisotopic (exact) mass is 287 g/mol. The third-order valence-electron chi connectivity index (χ3n) is 3.77. The minimum Gasteiger partial charge on any atom is -0.365 e. The second kappa shape index (κ2) is 6.37. The van der Waals surface area contributed by atoms with Crippen molar-refractivity contribution in [3.05, 3.63) is 45.9 Å². The molecule has 1 aliphatic heterocycles. The fourth-order valence-electron chi connectivity index (χ4n) is 2.79. The molecular formula is C16H21N3S. The summed E-state index contributed by atoms with van der Waals surface area (Å²) in [5.41, 5.74) is 9.63. The van der Waals surface area contributed by atoms with Crippen LogP contribution in [0.15, 0.2) is 29.6 Å². The molecule has 2 aromatic rings. The number of para-hydroxylation sites is 1. The Morgan fingerprint density at radius 1 is 1.25 bits per heavy atom. The summed E-state index contributed by atoms with van der Waals surface area (Å²) < 4.78 is 0. The molecule has 3 nitrogen and oxygen atoms in total. The number of aryl methyl sites for hydroxylation is 1. The van der Waals surface area contributed by atoms with Crippen LogP contribution in [0.2, 0.25) is 0 Å². The topological polar surface area (TPSA) is 42.1 Å². The molecule has 106 valence electrons. The van der Waals surface area contributed by atoms with E-state index in [0.29, 0.717) is 6.54 Å². The number of nitrogens with two attached hydrogens (primary N) is 1. The summed E-state index contributed by atoms with van der Waals surface area (Å²) in [6.07, 6.45) is 4.63. The zero-order valence-corrected chi connectivity index (χ0v) is 12.5. The number of hydrogen-bond acceptors (Lipinski definition) is 4. The Bertz CT molecular complexity index is 564. The highest BCUT2D eigenvalue weighted by molar-refractivity contribution is 7.09. The van der Waals surface area contributed by atoms with Crippen LogP contribution in [0.5, 0.6) is 0 Å². The summed E-state index contributed by atoms with van der Waals surface area (Å²) in [6.45, 7) is 2.72. The van der Waals surface area contributed by atoms with Gasteiger partial charge in [0.2, 0.25) is 0 Å². The van der Waals surface area contributed by atoms with Gasteiger partial charge in [0.05, 0.1) is 17.2 Å². The molecule has 0 spiro atoms. The van der Waals surface area contributed by atoms with E-state index in [9.17, 15) is 0 Å². The first-order chi connectivity index (χ1) is 9.86. The molecule has 4 heteroatoms. The summed E-state index contributed by atoms with van der Waals surface area (Å²) in [7, 11) is 0. The molecule has 0 unspecified atom stereocenters. The SMILES string of the molecule is NCCc1nc(CN2CCCCc3ccccc32)cs1. The van der Waals surface area contributed by atoms with E-state index in [1.165, 1.54) is 36.2 Å². The van der Waals surface area contributed by atoms with Crippen molar-refractivity contribution in [2.75, 3.05) is 18.0 Å². The van der Waals surface area contributed by atoms with Crippen LogP contribution in [0.25, 0.3) is 0 Å². The van der Waals surface area contributed by atoms with Crippen molar-refractivity contribution in [3.8, 4) is 0 Å². The number of nitrogens with zero attached hydrogens (tertiary/aromatic N) is 2. The first-order valence-corrected chi connectivity index (χ1v) is 8.21. The fourth-order valence-corrected chi connectivity index (χ4v) is 3.59. The molecule has 1 aromatic heterocycles. The summed E-state index contributed by atoms with van der Waals surface area (Å²) >= 11 is 1.73. The van der Waals surface area contributed by atoms with Crippen molar-refractivity contribution in [1.29, 1.82) is 0 Å². The van der Waals surface area contributed by atoms with E-state index in [1.54, 1.807) is 11.3 Å². The van der Waals surface area contributed by atoms with Crippen molar-refractivity contribution in [2.24, 2.45) is 5.73 Å². The zero-order chi connectivity index (χ0) is 13.8. The Kier molecular flexibility index (Phi) is 4.33. The molecule has 0 amide bonds. The highest BCUT2D eigenvalue weighted by atomic mass is 32.1. The predicted molar refractivity (Wildman–Crippen MR) is 85.3 cm³/mol. The smallest absolute Gasteiger partial charge is 0.0941 e. The van der Waals surface area contributed by atoms with Crippen LogP contribution in [-0.2, 0) is 19.4 Å². The Hall–Kier alpha value is -1.39. The summed E-state index contributed by atoms with van der Waals surface area (Å²) in [5.74, 6) is 0. The van der Waals surface area contributed by atoms with Crippen LogP contribution >= 0.6 is 11.3 Å². The van der Waals surface area contributed by atoms with Gasteiger partial charge in [-0.25, -0.2) is 4.98 Å². The largest absolute Gasteiger partial charge is 0.365 e. The molecule has 2 N–H and O–H groups in total. The standard InChI is InChI=1S/C16H21N3S/c17-9-8-16-18-14(12-20-16)11-19-10-4-3-6-13-5-1-2-7-15(13)19/h1-2,5,7,12H,3-4,6,8-11,17H2. The number of anilines is 1. The van der Waals surface area contributed by atoms with E-state index in [4.69, 9.17) is 10.7 Å². The van der Waals surface area contributed by atoms with Gasteiger partial charge in [0.25, 0.3) is 0 Å².